The minimum absolute atomic E-state index is 0.117. The van der Waals surface area contributed by atoms with Gasteiger partial charge in [0.1, 0.15) is 6.04 Å². The van der Waals surface area contributed by atoms with Crippen LogP contribution in [-0.4, -0.2) is 40.0 Å². The lowest BCUT2D eigenvalue weighted by molar-refractivity contribution is -0.120. The van der Waals surface area contributed by atoms with Crippen LogP contribution < -0.4 is 15.8 Å². The summed E-state index contributed by atoms with van der Waals surface area (Å²) in [5, 5.41) is 8.57. The van der Waals surface area contributed by atoms with Crippen LogP contribution in [0.25, 0.3) is 5.69 Å². The molecule has 1 unspecified atom stereocenters. The summed E-state index contributed by atoms with van der Waals surface area (Å²) in [5.74, 6) is -0.456. The first-order chi connectivity index (χ1) is 14.6. The van der Waals surface area contributed by atoms with Crippen molar-refractivity contribution in [3.05, 3.63) is 78.6 Å². The van der Waals surface area contributed by atoms with E-state index in [4.69, 9.17) is 0 Å². The number of carbonyl (C=O) groups is 2. The number of benzene rings is 2. The summed E-state index contributed by atoms with van der Waals surface area (Å²) >= 11 is 0. The molecule has 1 aromatic heterocycles. The zero-order valence-corrected chi connectivity index (χ0v) is 16.5. The number of hydrogen-bond donors (Lipinski definition) is 2. The van der Waals surface area contributed by atoms with E-state index in [2.05, 4.69) is 20.8 Å². The van der Waals surface area contributed by atoms with Gasteiger partial charge in [-0.15, -0.1) is 0 Å². The first kappa shape index (κ1) is 19.4. The number of hydrazine groups is 1. The molecular formula is C22H22N6O2. The highest BCUT2D eigenvalue weighted by Gasteiger charge is 2.30. The highest BCUT2D eigenvalue weighted by Crippen LogP contribution is 2.16. The quantitative estimate of drug-likeness (QED) is 0.659. The standard InChI is InChI=1S/C22H22N6O2/c1-16-22(30)28(19-10-6-3-7-11-19)26-20(25-16)21(29)23-13-12-17-14-24-27(15-17)18-8-4-2-5-9-18/h2-11,14-16H,12-13H2,1H3,(H,23,29)(H,25,26). The Hall–Kier alpha value is -3.94. The highest BCUT2D eigenvalue weighted by molar-refractivity contribution is 6.39. The van der Waals surface area contributed by atoms with Gasteiger partial charge in [0, 0.05) is 12.7 Å². The van der Waals surface area contributed by atoms with E-state index >= 15 is 0 Å². The van der Waals surface area contributed by atoms with E-state index in [1.165, 1.54) is 5.01 Å². The molecule has 1 atom stereocenters. The van der Waals surface area contributed by atoms with Crippen molar-refractivity contribution in [2.45, 2.75) is 19.4 Å². The largest absolute Gasteiger partial charge is 0.349 e. The number of rotatable bonds is 6. The summed E-state index contributed by atoms with van der Waals surface area (Å²) in [7, 11) is 0. The fourth-order valence-corrected chi connectivity index (χ4v) is 3.12. The zero-order valence-electron chi connectivity index (χ0n) is 16.5. The topological polar surface area (TPSA) is 91.6 Å². The van der Waals surface area contributed by atoms with Crippen LogP contribution >= 0.6 is 0 Å². The molecule has 2 amide bonds. The van der Waals surface area contributed by atoms with Crippen LogP contribution in [0.5, 0.6) is 0 Å². The van der Waals surface area contributed by atoms with Gasteiger partial charge in [-0.3, -0.25) is 15.0 Å². The lowest BCUT2D eigenvalue weighted by atomic mass is 10.2. The highest BCUT2D eigenvalue weighted by atomic mass is 16.2. The second kappa shape index (κ2) is 8.60. The Morgan fingerprint density at radius 1 is 1.07 bits per heavy atom. The number of nitrogens with one attached hydrogen (secondary N) is 2. The van der Waals surface area contributed by atoms with Crippen LogP contribution in [0.3, 0.4) is 0 Å². The number of aliphatic imine (C=N–C) groups is 1. The average Bonchev–Trinajstić information content (AvgIpc) is 3.25. The second-order valence-corrected chi connectivity index (χ2v) is 6.91. The molecule has 8 heteroatoms. The molecule has 2 heterocycles. The summed E-state index contributed by atoms with van der Waals surface area (Å²) in [6.07, 6.45) is 4.35. The number of amidine groups is 1. The van der Waals surface area contributed by atoms with Crippen LogP contribution in [0.1, 0.15) is 12.5 Å². The van der Waals surface area contributed by atoms with Crippen molar-refractivity contribution in [3.63, 3.8) is 0 Å². The monoisotopic (exact) mass is 402 g/mol. The average molecular weight is 402 g/mol. The summed E-state index contributed by atoms with van der Waals surface area (Å²) in [6, 6.07) is 18.3. The summed E-state index contributed by atoms with van der Waals surface area (Å²) in [6.45, 7) is 2.10. The molecule has 2 aromatic carbocycles. The Balaban J connectivity index is 1.35. The van der Waals surface area contributed by atoms with Crippen LogP contribution in [-0.2, 0) is 16.0 Å². The molecule has 1 aliphatic rings. The van der Waals surface area contributed by atoms with Gasteiger partial charge in [-0.2, -0.15) is 5.10 Å². The van der Waals surface area contributed by atoms with Crippen molar-refractivity contribution >= 4 is 23.3 Å². The van der Waals surface area contributed by atoms with Crippen LogP contribution in [0.4, 0.5) is 5.69 Å². The smallest absolute Gasteiger partial charge is 0.288 e. The lowest BCUT2D eigenvalue weighted by Gasteiger charge is -2.30. The first-order valence-electron chi connectivity index (χ1n) is 9.72. The summed E-state index contributed by atoms with van der Waals surface area (Å²) in [5.41, 5.74) is 5.47. The molecule has 30 heavy (non-hydrogen) atoms. The summed E-state index contributed by atoms with van der Waals surface area (Å²) in [4.78, 5) is 29.2. The third-order valence-electron chi connectivity index (χ3n) is 4.70. The van der Waals surface area contributed by atoms with Crippen molar-refractivity contribution in [3.8, 4) is 5.69 Å². The van der Waals surface area contributed by atoms with E-state index in [1.54, 1.807) is 29.9 Å². The molecule has 0 fully saturated rings. The molecule has 0 saturated carbocycles. The predicted octanol–water partition coefficient (Wildman–Crippen LogP) is 1.87. The van der Waals surface area contributed by atoms with E-state index in [9.17, 15) is 9.59 Å². The molecule has 0 spiro atoms. The van der Waals surface area contributed by atoms with Gasteiger partial charge in [0.05, 0.1) is 17.6 Å². The van der Waals surface area contributed by atoms with Gasteiger partial charge < -0.3 is 5.32 Å². The fraction of sp³-hybridized carbons (Fsp3) is 0.182. The molecule has 0 bridgehead atoms. The Labute approximate surface area is 174 Å². The van der Waals surface area contributed by atoms with Crippen molar-refractivity contribution in [1.82, 2.24) is 20.5 Å². The fourth-order valence-electron chi connectivity index (χ4n) is 3.12. The minimum Gasteiger partial charge on any atom is -0.349 e. The number of nitrogens with zero attached hydrogens (tertiary/aromatic N) is 4. The Bertz CT molecular complexity index is 1060. The van der Waals surface area contributed by atoms with Crippen molar-refractivity contribution < 1.29 is 9.59 Å². The van der Waals surface area contributed by atoms with Gasteiger partial charge in [0.25, 0.3) is 11.8 Å². The number of anilines is 1. The van der Waals surface area contributed by atoms with Gasteiger partial charge in [-0.1, -0.05) is 36.4 Å². The first-order valence-corrected chi connectivity index (χ1v) is 9.72. The van der Waals surface area contributed by atoms with Crippen molar-refractivity contribution in [1.29, 1.82) is 0 Å². The van der Waals surface area contributed by atoms with Crippen LogP contribution in [0.15, 0.2) is 78.0 Å². The van der Waals surface area contributed by atoms with Crippen molar-refractivity contribution in [2.24, 2.45) is 4.99 Å². The molecule has 3 aromatic rings. The van der Waals surface area contributed by atoms with E-state index in [0.717, 1.165) is 11.3 Å². The third-order valence-corrected chi connectivity index (χ3v) is 4.70. The van der Waals surface area contributed by atoms with Crippen molar-refractivity contribution in [2.75, 3.05) is 11.6 Å². The number of aromatic nitrogens is 2. The van der Waals surface area contributed by atoms with Gasteiger partial charge in [-0.05, 0) is 43.2 Å². The lowest BCUT2D eigenvalue weighted by Crippen LogP contribution is -2.58. The number of amides is 2. The molecular weight excluding hydrogens is 380 g/mol. The second-order valence-electron chi connectivity index (χ2n) is 6.91. The molecule has 0 radical (unpaired) electrons. The van der Waals surface area contributed by atoms with Crippen LogP contribution in [0, 0.1) is 0 Å². The Morgan fingerprint density at radius 3 is 2.43 bits per heavy atom. The zero-order chi connectivity index (χ0) is 20.9. The molecule has 2 N–H and O–H groups in total. The van der Waals surface area contributed by atoms with E-state index in [0.29, 0.717) is 18.7 Å². The molecule has 4 rings (SSSR count). The molecule has 0 aliphatic carbocycles. The molecule has 0 saturated heterocycles. The summed E-state index contributed by atoms with van der Waals surface area (Å²) < 4.78 is 1.80. The van der Waals surface area contributed by atoms with Crippen LogP contribution in [0.2, 0.25) is 0 Å². The van der Waals surface area contributed by atoms with Gasteiger partial charge in [0.15, 0.2) is 0 Å². The predicted molar refractivity (Wildman–Crippen MR) is 114 cm³/mol. The number of hydrogen-bond acceptors (Lipinski definition) is 5. The van der Waals surface area contributed by atoms with Gasteiger partial charge >= 0.3 is 0 Å². The SMILES string of the molecule is CC1N=C(C(=O)NCCc2cnn(-c3ccccc3)c2)NN(c2ccccc2)C1=O. The maximum Gasteiger partial charge on any atom is 0.288 e. The maximum absolute atomic E-state index is 12.6. The number of carbonyl (C=O) groups excluding carboxylic acids is 2. The third kappa shape index (κ3) is 4.22. The molecule has 1 aliphatic heterocycles. The minimum atomic E-state index is -0.642. The van der Waals surface area contributed by atoms with E-state index < -0.39 is 6.04 Å². The van der Waals surface area contributed by atoms with E-state index in [1.807, 2.05) is 54.7 Å². The Morgan fingerprint density at radius 2 is 1.73 bits per heavy atom. The van der Waals surface area contributed by atoms with Gasteiger partial charge in [-0.25, -0.2) is 14.7 Å². The number of para-hydroxylation sites is 2. The Kier molecular flexibility index (Phi) is 5.56. The van der Waals surface area contributed by atoms with E-state index in [-0.39, 0.29) is 17.6 Å². The molecule has 152 valence electrons. The van der Waals surface area contributed by atoms with Gasteiger partial charge in [0.2, 0.25) is 5.84 Å². The maximum atomic E-state index is 12.6. The molecule has 8 nitrogen and oxygen atoms in total. The normalized spacial score (nSPS) is 16.0.